The van der Waals surface area contributed by atoms with Gasteiger partial charge in [0.2, 0.25) is 11.8 Å². The maximum absolute atomic E-state index is 14.0. The highest BCUT2D eigenvalue weighted by molar-refractivity contribution is 9.09. The number of rotatable bonds is 4. The Balaban J connectivity index is 1.93. The van der Waals surface area contributed by atoms with Crippen LogP contribution in [0.5, 0.6) is 5.75 Å². The predicted octanol–water partition coefficient (Wildman–Crippen LogP) is 1.00. The summed E-state index contributed by atoms with van der Waals surface area (Å²) in [6, 6.07) is 1.02. The molecule has 1 aromatic rings. The number of nitrogens with one attached hydrogen (secondary N) is 1. The molecule has 2 heterocycles. The molecular weight excluding hydrogens is 387 g/mol. The Bertz CT molecular complexity index is 766. The number of hydrogen-bond acceptors (Lipinski definition) is 5. The molecule has 4 amide bonds. The Morgan fingerprint density at radius 2 is 1.88 bits per heavy atom. The first kappa shape index (κ1) is 16.6. The molecule has 1 saturated heterocycles. The van der Waals surface area contributed by atoms with Gasteiger partial charge in [-0.05, 0) is 18.6 Å². The van der Waals surface area contributed by atoms with E-state index in [9.17, 15) is 23.6 Å². The van der Waals surface area contributed by atoms with Gasteiger partial charge in [-0.2, -0.15) is 0 Å². The molecule has 9 heteroatoms. The Labute approximate surface area is 144 Å². The van der Waals surface area contributed by atoms with Gasteiger partial charge in [-0.25, -0.2) is 4.39 Å². The number of hydrogen-bond donors (Lipinski definition) is 1. The molecule has 2 aliphatic heterocycles. The summed E-state index contributed by atoms with van der Waals surface area (Å²) in [7, 11) is 0. The van der Waals surface area contributed by atoms with Crippen LogP contribution in [-0.2, 0) is 9.59 Å². The smallest absolute Gasteiger partial charge is 0.262 e. The molecule has 0 radical (unpaired) electrons. The van der Waals surface area contributed by atoms with E-state index in [1.54, 1.807) is 0 Å². The second kappa shape index (κ2) is 6.31. The highest BCUT2D eigenvalue weighted by Gasteiger charge is 2.45. The van der Waals surface area contributed by atoms with Gasteiger partial charge in [0, 0.05) is 11.8 Å². The molecule has 0 bridgehead atoms. The number of amides is 4. The Hall–Kier alpha value is -2.29. The fourth-order valence-electron chi connectivity index (χ4n) is 2.73. The van der Waals surface area contributed by atoms with Crippen molar-refractivity contribution >= 4 is 39.6 Å². The lowest BCUT2D eigenvalue weighted by Crippen LogP contribution is -2.54. The van der Waals surface area contributed by atoms with Crippen molar-refractivity contribution in [1.82, 2.24) is 10.2 Å². The number of carbonyl (C=O) groups excluding carboxylic acids is 4. The van der Waals surface area contributed by atoms with Crippen molar-refractivity contribution in [2.24, 2.45) is 0 Å². The number of alkyl halides is 1. The van der Waals surface area contributed by atoms with E-state index in [-0.39, 0.29) is 36.3 Å². The summed E-state index contributed by atoms with van der Waals surface area (Å²) in [6.45, 7) is 0.189. The molecule has 24 heavy (non-hydrogen) atoms. The average molecular weight is 399 g/mol. The standard InChI is InChI=1S/C15H12BrFN2O5/c16-3-4-24-11-6-8-7(5-9(11)17)14(22)19(15(8)23)10-1-2-12(20)18-13(10)21/h5-6,10H,1-4H2,(H,18,20,21). The van der Waals surface area contributed by atoms with E-state index in [1.807, 2.05) is 0 Å². The number of fused-ring (bicyclic) bond motifs is 1. The Kier molecular flexibility index (Phi) is 4.35. The van der Waals surface area contributed by atoms with Crippen LogP contribution in [-0.4, -0.2) is 46.5 Å². The van der Waals surface area contributed by atoms with Gasteiger partial charge in [0.05, 0.1) is 17.7 Å². The van der Waals surface area contributed by atoms with Crippen molar-refractivity contribution in [1.29, 1.82) is 0 Å². The molecule has 1 N–H and O–H groups in total. The molecule has 1 atom stereocenters. The van der Waals surface area contributed by atoms with Gasteiger partial charge < -0.3 is 4.74 Å². The van der Waals surface area contributed by atoms with Gasteiger partial charge in [-0.1, -0.05) is 15.9 Å². The first-order valence-corrected chi connectivity index (χ1v) is 8.30. The molecule has 1 aromatic carbocycles. The van der Waals surface area contributed by atoms with Crippen LogP contribution in [0.4, 0.5) is 4.39 Å². The number of nitrogens with zero attached hydrogens (tertiary/aromatic N) is 1. The topological polar surface area (TPSA) is 92.8 Å². The SMILES string of the molecule is O=C1CCC(N2C(=O)c3cc(F)c(OCCBr)cc3C2=O)C(=O)N1. The number of halogens is 2. The van der Waals surface area contributed by atoms with Crippen LogP contribution >= 0.6 is 15.9 Å². The second-order valence-electron chi connectivity index (χ2n) is 5.31. The number of imide groups is 2. The van der Waals surface area contributed by atoms with E-state index >= 15 is 0 Å². The molecule has 0 aromatic heterocycles. The molecular formula is C15H12BrFN2O5. The molecule has 0 spiro atoms. The maximum Gasteiger partial charge on any atom is 0.262 e. The molecule has 0 saturated carbocycles. The third-order valence-corrected chi connectivity index (χ3v) is 4.15. The van der Waals surface area contributed by atoms with Crippen LogP contribution in [0.2, 0.25) is 0 Å². The normalized spacial score (nSPS) is 20.2. The first-order valence-electron chi connectivity index (χ1n) is 7.18. The minimum absolute atomic E-state index is 0.0179. The summed E-state index contributed by atoms with van der Waals surface area (Å²) >= 11 is 3.14. The van der Waals surface area contributed by atoms with Crippen LogP contribution < -0.4 is 10.1 Å². The van der Waals surface area contributed by atoms with Gasteiger partial charge in [0.15, 0.2) is 11.6 Å². The van der Waals surface area contributed by atoms with E-state index in [0.717, 1.165) is 11.0 Å². The highest BCUT2D eigenvalue weighted by atomic mass is 79.9. The fourth-order valence-corrected chi connectivity index (χ4v) is 2.89. The number of ether oxygens (including phenoxy) is 1. The highest BCUT2D eigenvalue weighted by Crippen LogP contribution is 2.32. The third kappa shape index (κ3) is 2.68. The van der Waals surface area contributed by atoms with Crippen LogP contribution in [0, 0.1) is 5.82 Å². The van der Waals surface area contributed by atoms with E-state index < -0.39 is 35.5 Å². The lowest BCUT2D eigenvalue weighted by Gasteiger charge is -2.27. The molecule has 1 unspecified atom stereocenters. The van der Waals surface area contributed by atoms with Gasteiger partial charge in [-0.3, -0.25) is 29.4 Å². The maximum atomic E-state index is 14.0. The van der Waals surface area contributed by atoms with Crippen molar-refractivity contribution in [3.63, 3.8) is 0 Å². The average Bonchev–Trinajstić information content (AvgIpc) is 2.77. The predicted molar refractivity (Wildman–Crippen MR) is 82.4 cm³/mol. The van der Waals surface area contributed by atoms with Crippen molar-refractivity contribution in [3.05, 3.63) is 29.1 Å². The van der Waals surface area contributed by atoms with Gasteiger partial charge >= 0.3 is 0 Å². The fraction of sp³-hybridized carbons (Fsp3) is 0.333. The third-order valence-electron chi connectivity index (χ3n) is 3.83. The monoisotopic (exact) mass is 398 g/mol. The molecule has 2 aliphatic rings. The number of carbonyl (C=O) groups is 4. The molecule has 0 aliphatic carbocycles. The van der Waals surface area contributed by atoms with Crippen molar-refractivity contribution < 1.29 is 28.3 Å². The summed E-state index contributed by atoms with van der Waals surface area (Å²) < 4.78 is 19.2. The number of piperidine rings is 1. The Morgan fingerprint density at radius 1 is 1.21 bits per heavy atom. The lowest BCUT2D eigenvalue weighted by atomic mass is 10.0. The summed E-state index contributed by atoms with van der Waals surface area (Å²) in [5.41, 5.74) is -0.135. The summed E-state index contributed by atoms with van der Waals surface area (Å²) in [5.74, 6) is -3.52. The molecule has 3 rings (SSSR count). The van der Waals surface area contributed by atoms with Crippen molar-refractivity contribution in [2.75, 3.05) is 11.9 Å². The summed E-state index contributed by atoms with van der Waals surface area (Å²) in [6.07, 6.45) is 0.0728. The molecule has 7 nitrogen and oxygen atoms in total. The second-order valence-corrected chi connectivity index (χ2v) is 6.11. The lowest BCUT2D eigenvalue weighted by molar-refractivity contribution is -0.136. The van der Waals surface area contributed by atoms with Gasteiger partial charge in [-0.15, -0.1) is 0 Å². The van der Waals surface area contributed by atoms with Crippen LogP contribution in [0.15, 0.2) is 12.1 Å². The van der Waals surface area contributed by atoms with Crippen LogP contribution in [0.25, 0.3) is 0 Å². The van der Waals surface area contributed by atoms with Gasteiger partial charge in [0.1, 0.15) is 6.04 Å². The summed E-state index contributed by atoms with van der Waals surface area (Å²) in [4.78, 5) is 48.9. The first-order chi connectivity index (χ1) is 11.4. The van der Waals surface area contributed by atoms with Crippen LogP contribution in [0.1, 0.15) is 33.6 Å². The minimum atomic E-state index is -1.08. The Morgan fingerprint density at radius 3 is 2.50 bits per heavy atom. The van der Waals surface area contributed by atoms with E-state index in [2.05, 4.69) is 21.2 Å². The zero-order valence-electron chi connectivity index (χ0n) is 12.3. The zero-order valence-corrected chi connectivity index (χ0v) is 13.9. The number of benzene rings is 1. The zero-order chi connectivity index (χ0) is 17.4. The quantitative estimate of drug-likeness (QED) is 0.603. The van der Waals surface area contributed by atoms with Crippen molar-refractivity contribution in [2.45, 2.75) is 18.9 Å². The summed E-state index contributed by atoms with van der Waals surface area (Å²) in [5, 5.41) is 2.57. The molecule has 1 fully saturated rings. The molecule has 126 valence electrons. The van der Waals surface area contributed by atoms with Gasteiger partial charge in [0.25, 0.3) is 11.8 Å². The largest absolute Gasteiger partial charge is 0.490 e. The van der Waals surface area contributed by atoms with E-state index in [1.165, 1.54) is 6.07 Å². The van der Waals surface area contributed by atoms with E-state index in [4.69, 9.17) is 4.74 Å². The van der Waals surface area contributed by atoms with Crippen LogP contribution in [0.3, 0.4) is 0 Å². The van der Waals surface area contributed by atoms with Crippen molar-refractivity contribution in [3.8, 4) is 5.75 Å². The van der Waals surface area contributed by atoms with E-state index in [0.29, 0.717) is 5.33 Å². The minimum Gasteiger partial charge on any atom is -0.490 e.